The molecule has 15 heteroatoms. The van der Waals surface area contributed by atoms with Crippen LogP contribution in [0, 0.1) is 0 Å². The number of nitrogens with two attached hydrogens (primary N) is 2. The Hall–Kier alpha value is -0.480. The van der Waals surface area contributed by atoms with Gasteiger partial charge in [0.25, 0.3) is 0 Å². The number of carbonyl (C=O) groups is 1. The van der Waals surface area contributed by atoms with E-state index in [1.54, 1.807) is 0 Å². The van der Waals surface area contributed by atoms with Gasteiger partial charge in [-0.15, -0.1) is 0 Å². The maximum Gasteiger partial charge on any atom is 2.00 e. The van der Waals surface area contributed by atoms with Gasteiger partial charge in [0.2, 0.25) is 0 Å². The molecule has 0 bridgehead atoms. The Morgan fingerprint density at radius 1 is 1.33 bits per heavy atom. The Balaban J connectivity index is 0.00000280. The first-order valence-corrected chi connectivity index (χ1v) is 10.3. The number of imidazole rings is 1. The summed E-state index contributed by atoms with van der Waals surface area (Å²) in [5.74, 6) is 0.254. The van der Waals surface area contributed by atoms with E-state index in [-0.39, 0.29) is 72.3 Å². The molecule has 12 nitrogen and oxygen atoms in total. The fourth-order valence-corrected chi connectivity index (χ4v) is 4.63. The average Bonchev–Trinajstić information content (AvgIpc) is 3.17. The molecule has 1 fully saturated rings. The van der Waals surface area contributed by atoms with E-state index in [9.17, 15) is 15.0 Å². The SMILES string of the molecule is C[S+](CC[C@H](N)C(=O)O)C[C@H]1O[C@@H](n2cnc3c(N)ncnc32)[C@H](O)[C@@H]1O.O.[Ca+2].[Cl-]. The van der Waals surface area contributed by atoms with E-state index in [1.165, 1.54) is 17.2 Å². The molecule has 0 radical (unpaired) electrons. The number of fused-ring (bicyclic) bond motifs is 1. The van der Waals surface area contributed by atoms with Crippen molar-refractivity contribution in [1.29, 1.82) is 0 Å². The second kappa shape index (κ2) is 12.5. The van der Waals surface area contributed by atoms with Crippen LogP contribution in [0.15, 0.2) is 12.7 Å². The van der Waals surface area contributed by atoms with Crippen molar-refractivity contribution in [2.24, 2.45) is 5.73 Å². The minimum atomic E-state index is -1.16. The second-order valence-corrected chi connectivity index (χ2v) is 8.82. The number of aliphatic hydroxyl groups is 2. The number of aliphatic carboxylic acids is 1. The monoisotopic (exact) mass is 492 g/mol. The molecular weight excluding hydrogens is 468 g/mol. The van der Waals surface area contributed by atoms with E-state index in [1.807, 2.05) is 6.26 Å². The number of hydrogen-bond acceptors (Lipinski definition) is 9. The number of rotatable bonds is 7. The first-order valence-electron chi connectivity index (χ1n) is 8.31. The number of aromatic nitrogens is 4. The van der Waals surface area contributed by atoms with Crippen molar-refractivity contribution in [1.82, 2.24) is 19.5 Å². The molecule has 1 unspecified atom stereocenters. The van der Waals surface area contributed by atoms with Gasteiger partial charge in [0.1, 0.15) is 47.7 Å². The fraction of sp³-hybridized carbons (Fsp3) is 0.600. The largest absolute Gasteiger partial charge is 2.00 e. The van der Waals surface area contributed by atoms with Crippen molar-refractivity contribution in [3.05, 3.63) is 12.7 Å². The predicted molar refractivity (Wildman–Crippen MR) is 108 cm³/mol. The molecule has 0 saturated carbocycles. The van der Waals surface area contributed by atoms with E-state index >= 15 is 0 Å². The Bertz CT molecular complexity index is 834. The molecule has 3 rings (SSSR count). The molecule has 2 aromatic heterocycles. The minimum Gasteiger partial charge on any atom is -1.00 e. The molecule has 1 aliphatic heterocycles. The first kappa shape index (κ1) is 29.5. The third-order valence-electron chi connectivity index (χ3n) is 4.54. The number of aliphatic hydroxyl groups excluding tert-OH is 2. The number of hydrogen-bond donors (Lipinski definition) is 5. The molecule has 0 spiro atoms. The van der Waals surface area contributed by atoms with Crippen molar-refractivity contribution in [2.45, 2.75) is 37.0 Å². The van der Waals surface area contributed by atoms with Crippen LogP contribution in [0.4, 0.5) is 5.82 Å². The van der Waals surface area contributed by atoms with Crippen LogP contribution >= 0.6 is 0 Å². The minimum absolute atomic E-state index is 0. The normalized spacial score (nSPS) is 24.9. The molecule has 0 amide bonds. The van der Waals surface area contributed by atoms with Gasteiger partial charge >= 0.3 is 43.7 Å². The zero-order valence-electron chi connectivity index (χ0n) is 16.3. The number of ether oxygens (including phenoxy) is 1. The Morgan fingerprint density at radius 2 is 2.00 bits per heavy atom. The number of carboxylic acids is 1. The van der Waals surface area contributed by atoms with Crippen LogP contribution < -0.4 is 23.9 Å². The molecule has 6 atom stereocenters. The molecule has 2 aromatic rings. The molecule has 0 aromatic carbocycles. The van der Waals surface area contributed by atoms with Gasteiger partial charge in [0, 0.05) is 6.42 Å². The van der Waals surface area contributed by atoms with Crippen LogP contribution in [0.3, 0.4) is 0 Å². The molecular formula is C15H25CaClN6O6S+2. The number of carboxylic acid groups (broad SMARTS) is 1. The van der Waals surface area contributed by atoms with Crippen molar-refractivity contribution in [2.75, 3.05) is 23.5 Å². The van der Waals surface area contributed by atoms with Crippen LogP contribution in [0.5, 0.6) is 0 Å². The smallest absolute Gasteiger partial charge is 1.00 e. The van der Waals surface area contributed by atoms with Crippen LogP contribution in [0.1, 0.15) is 12.6 Å². The number of nitrogens with zero attached hydrogens (tertiary/aromatic N) is 4. The predicted octanol–water partition coefficient (Wildman–Crippen LogP) is -6.12. The van der Waals surface area contributed by atoms with Crippen molar-refractivity contribution >= 4 is 71.6 Å². The standard InChI is InChI=1S/C15H22N6O5S.Ca.ClH.H2O/c1-27(3-2-7(16)15(24)25)4-8-10(22)11(23)14(26-8)21-6-20-9-12(17)18-5-19-13(9)21;;;/h5-8,10-11,14,22-23H,2-4,16H2,1H3,(H2-,17,18,19,24,25);;1H;1H2/q;+2;;/t7-,8+,10+,11+,14+,27?;;;/m0.../s1. The maximum absolute atomic E-state index is 10.8. The summed E-state index contributed by atoms with van der Waals surface area (Å²) in [5, 5.41) is 29.7. The summed E-state index contributed by atoms with van der Waals surface area (Å²) >= 11 is 0. The zero-order chi connectivity index (χ0) is 19.7. The van der Waals surface area contributed by atoms with E-state index in [0.29, 0.717) is 29.1 Å². The average molecular weight is 493 g/mol. The summed E-state index contributed by atoms with van der Waals surface area (Å²) < 4.78 is 7.41. The molecule has 9 N–H and O–H groups in total. The maximum atomic E-state index is 10.8. The van der Waals surface area contributed by atoms with Crippen molar-refractivity contribution in [3.8, 4) is 0 Å². The number of nitrogen functional groups attached to an aromatic ring is 1. The zero-order valence-corrected chi connectivity index (χ0v) is 20.0. The van der Waals surface area contributed by atoms with Gasteiger partial charge in [-0.2, -0.15) is 0 Å². The Labute approximate surface area is 211 Å². The van der Waals surface area contributed by atoms with Crippen LogP contribution in [0.25, 0.3) is 11.2 Å². The summed E-state index contributed by atoms with van der Waals surface area (Å²) in [6, 6.07) is -0.907. The second-order valence-electron chi connectivity index (χ2n) is 6.51. The summed E-state index contributed by atoms with van der Waals surface area (Å²) in [6.07, 6.45) is 1.31. The van der Waals surface area contributed by atoms with Gasteiger partial charge in [-0.3, -0.25) is 9.36 Å². The summed E-state index contributed by atoms with van der Waals surface area (Å²) in [5.41, 5.74) is 12.1. The quantitative estimate of drug-likeness (QED) is 0.182. The Morgan fingerprint density at radius 3 is 2.63 bits per heavy atom. The molecule has 3 heterocycles. The summed E-state index contributed by atoms with van der Waals surface area (Å²) in [4.78, 5) is 23.0. The topological polar surface area (TPSA) is 214 Å². The van der Waals surface area contributed by atoms with Crippen molar-refractivity contribution in [3.63, 3.8) is 0 Å². The molecule has 164 valence electrons. The first-order chi connectivity index (χ1) is 12.8. The molecule has 1 saturated heterocycles. The molecule has 30 heavy (non-hydrogen) atoms. The van der Waals surface area contributed by atoms with Gasteiger partial charge in [-0.1, -0.05) is 0 Å². The van der Waals surface area contributed by atoms with Crippen molar-refractivity contribution < 1.29 is 42.7 Å². The van der Waals surface area contributed by atoms with E-state index in [0.717, 1.165) is 0 Å². The van der Waals surface area contributed by atoms with E-state index in [2.05, 4.69) is 15.0 Å². The van der Waals surface area contributed by atoms with Gasteiger partial charge < -0.3 is 49.4 Å². The molecule has 1 aliphatic rings. The third-order valence-corrected chi connectivity index (χ3v) is 6.37. The van der Waals surface area contributed by atoms with Gasteiger partial charge in [-0.05, 0) is 10.9 Å². The van der Waals surface area contributed by atoms with Crippen LogP contribution in [-0.4, -0.2) is 126 Å². The van der Waals surface area contributed by atoms with Crippen LogP contribution in [0.2, 0.25) is 0 Å². The van der Waals surface area contributed by atoms with Gasteiger partial charge in [0.05, 0.1) is 12.6 Å². The fourth-order valence-electron chi connectivity index (χ4n) is 2.97. The summed E-state index contributed by atoms with van der Waals surface area (Å²) in [7, 11) is -0.235. The number of halogens is 1. The molecule has 0 aliphatic carbocycles. The van der Waals surface area contributed by atoms with Crippen LogP contribution in [-0.2, 0) is 20.4 Å². The van der Waals surface area contributed by atoms with Gasteiger partial charge in [0.15, 0.2) is 17.7 Å². The number of anilines is 1. The third kappa shape index (κ3) is 6.28. The Kier molecular flexibility index (Phi) is 12.3. The van der Waals surface area contributed by atoms with E-state index < -0.39 is 36.6 Å². The van der Waals surface area contributed by atoms with E-state index in [4.69, 9.17) is 21.3 Å². The van der Waals surface area contributed by atoms with Gasteiger partial charge in [-0.25, -0.2) is 15.0 Å². The summed E-state index contributed by atoms with van der Waals surface area (Å²) in [6.45, 7) is 0.